The van der Waals surface area contributed by atoms with E-state index in [1.807, 2.05) is 35.0 Å². The predicted molar refractivity (Wildman–Crippen MR) is 113 cm³/mol. The summed E-state index contributed by atoms with van der Waals surface area (Å²) in [6.07, 6.45) is 10.6. The summed E-state index contributed by atoms with van der Waals surface area (Å²) in [5.74, 6) is 1.36. The zero-order valence-corrected chi connectivity index (χ0v) is 16.7. The zero-order chi connectivity index (χ0) is 20.1. The van der Waals surface area contributed by atoms with Crippen molar-refractivity contribution in [1.82, 2.24) is 19.5 Å². The van der Waals surface area contributed by atoms with Gasteiger partial charge in [-0.1, -0.05) is 19.1 Å². The van der Waals surface area contributed by atoms with Crippen LogP contribution in [0.3, 0.4) is 0 Å². The number of amides is 1. The molecule has 0 aliphatic heterocycles. The summed E-state index contributed by atoms with van der Waals surface area (Å²) in [4.78, 5) is 27.6. The predicted octanol–water partition coefficient (Wildman–Crippen LogP) is 3.60. The van der Waals surface area contributed by atoms with Crippen molar-refractivity contribution in [3.05, 3.63) is 66.6 Å². The molecule has 0 unspecified atom stereocenters. The van der Waals surface area contributed by atoms with Gasteiger partial charge in [-0.2, -0.15) is 0 Å². The Kier molecular flexibility index (Phi) is 5.84. The maximum atomic E-state index is 12.7. The molecule has 0 bridgehead atoms. The monoisotopic (exact) mass is 390 g/mol. The number of benzene rings is 1. The molecule has 1 aliphatic rings. The molecule has 4 rings (SSSR count). The van der Waals surface area contributed by atoms with Crippen molar-refractivity contribution >= 4 is 17.4 Å². The van der Waals surface area contributed by atoms with Crippen molar-refractivity contribution in [3.8, 4) is 0 Å². The van der Waals surface area contributed by atoms with Gasteiger partial charge in [-0.25, -0.2) is 15.0 Å². The third kappa shape index (κ3) is 5.19. The van der Waals surface area contributed by atoms with Crippen molar-refractivity contribution in [1.29, 1.82) is 0 Å². The van der Waals surface area contributed by atoms with Crippen molar-refractivity contribution < 1.29 is 4.79 Å². The molecule has 0 spiro atoms. The number of imidazole rings is 1. The first-order chi connectivity index (χ1) is 14.2. The number of carbonyl (C=O) groups is 1. The maximum Gasteiger partial charge on any atom is 0.274 e. The second-order valence-electron chi connectivity index (χ2n) is 7.54. The Morgan fingerprint density at radius 3 is 2.76 bits per heavy atom. The quantitative estimate of drug-likeness (QED) is 0.604. The average Bonchev–Trinajstić information content (AvgIpc) is 3.42. The van der Waals surface area contributed by atoms with Crippen LogP contribution in [0.1, 0.15) is 42.2 Å². The van der Waals surface area contributed by atoms with Crippen LogP contribution in [0.4, 0.5) is 11.5 Å². The lowest BCUT2D eigenvalue weighted by Crippen LogP contribution is -2.28. The van der Waals surface area contributed by atoms with E-state index in [-0.39, 0.29) is 5.91 Å². The molecule has 1 fully saturated rings. The fraction of sp³-hybridized carbons (Fsp3) is 0.364. The van der Waals surface area contributed by atoms with Gasteiger partial charge >= 0.3 is 0 Å². The molecular weight excluding hydrogens is 364 g/mol. The first kappa shape index (κ1) is 19.1. The van der Waals surface area contributed by atoms with Gasteiger partial charge in [-0.3, -0.25) is 4.79 Å². The first-order valence-electron chi connectivity index (χ1n) is 10.1. The summed E-state index contributed by atoms with van der Waals surface area (Å²) in [6, 6.07) is 9.60. The minimum Gasteiger partial charge on any atom is -0.356 e. The minimum absolute atomic E-state index is 0.223. The largest absolute Gasteiger partial charge is 0.356 e. The van der Waals surface area contributed by atoms with Crippen LogP contribution < -0.4 is 10.2 Å². The molecule has 7 nitrogen and oxygen atoms in total. The Hall–Kier alpha value is -3.22. The molecule has 1 N–H and O–H groups in total. The molecule has 29 heavy (non-hydrogen) atoms. The van der Waals surface area contributed by atoms with Gasteiger partial charge in [0.25, 0.3) is 5.91 Å². The molecule has 1 amide bonds. The molecule has 1 aromatic carbocycles. The number of carbonyl (C=O) groups excluding carboxylic acids is 1. The minimum atomic E-state index is -0.223. The third-order valence-corrected chi connectivity index (χ3v) is 5.01. The molecule has 2 aromatic heterocycles. The number of hydrogen-bond donors (Lipinski definition) is 1. The van der Waals surface area contributed by atoms with Crippen LogP contribution in [0.2, 0.25) is 0 Å². The highest BCUT2D eigenvalue weighted by atomic mass is 16.1. The lowest BCUT2D eigenvalue weighted by molar-refractivity contribution is 0.102. The SMILES string of the molecule is CCCN(CC1CC1)c1cc(C(=O)Nc2ccc(Cn3ccnc3)cc2)ncn1. The standard InChI is InChI=1S/C22H26N6O/c1-2-10-28(14-18-3-4-18)21-12-20(24-15-25-21)22(29)26-19-7-5-17(6-8-19)13-27-11-9-23-16-27/h5-9,11-12,15-16,18H,2-4,10,13-14H2,1H3,(H,26,29). The van der Waals surface area contributed by atoms with Gasteiger partial charge in [0.1, 0.15) is 17.8 Å². The van der Waals surface area contributed by atoms with E-state index in [9.17, 15) is 4.79 Å². The Labute approximate surface area is 170 Å². The molecule has 3 aromatic rings. The summed E-state index contributed by atoms with van der Waals surface area (Å²) in [5, 5.41) is 2.93. The van der Waals surface area contributed by atoms with Crippen molar-refractivity contribution in [3.63, 3.8) is 0 Å². The lowest BCUT2D eigenvalue weighted by atomic mass is 10.2. The zero-order valence-electron chi connectivity index (χ0n) is 16.7. The van der Waals surface area contributed by atoms with Gasteiger partial charge in [-0.15, -0.1) is 0 Å². The van der Waals surface area contributed by atoms with Crippen molar-refractivity contribution in [2.24, 2.45) is 5.92 Å². The van der Waals surface area contributed by atoms with E-state index in [1.165, 1.54) is 19.2 Å². The normalized spacial score (nSPS) is 13.3. The van der Waals surface area contributed by atoms with E-state index < -0.39 is 0 Å². The van der Waals surface area contributed by atoms with E-state index >= 15 is 0 Å². The Morgan fingerprint density at radius 1 is 1.24 bits per heavy atom. The number of rotatable bonds is 9. The fourth-order valence-corrected chi connectivity index (χ4v) is 3.31. The average molecular weight is 390 g/mol. The van der Waals surface area contributed by atoms with Gasteiger partial charge in [0.2, 0.25) is 0 Å². The van der Waals surface area contributed by atoms with Gasteiger partial charge in [0, 0.05) is 43.8 Å². The maximum absolute atomic E-state index is 12.7. The second-order valence-corrected chi connectivity index (χ2v) is 7.54. The molecule has 150 valence electrons. The van der Waals surface area contributed by atoms with Crippen molar-refractivity contribution in [2.45, 2.75) is 32.7 Å². The summed E-state index contributed by atoms with van der Waals surface area (Å²) in [6.45, 7) is 4.85. The summed E-state index contributed by atoms with van der Waals surface area (Å²) in [5.41, 5.74) is 2.27. The summed E-state index contributed by atoms with van der Waals surface area (Å²) < 4.78 is 2.00. The first-order valence-corrected chi connectivity index (χ1v) is 10.1. The van der Waals surface area contributed by atoms with E-state index in [0.717, 1.165) is 49.0 Å². The van der Waals surface area contributed by atoms with Crippen LogP contribution in [-0.2, 0) is 6.54 Å². The third-order valence-electron chi connectivity index (χ3n) is 5.01. The molecule has 0 saturated heterocycles. The Bertz CT molecular complexity index is 934. The molecule has 0 atom stereocenters. The van der Waals surface area contributed by atoms with Crippen LogP contribution in [0.25, 0.3) is 0 Å². The number of nitrogens with zero attached hydrogens (tertiary/aromatic N) is 5. The summed E-state index contributed by atoms with van der Waals surface area (Å²) in [7, 11) is 0. The summed E-state index contributed by atoms with van der Waals surface area (Å²) >= 11 is 0. The Balaban J connectivity index is 1.41. The van der Waals surface area contributed by atoms with E-state index in [0.29, 0.717) is 5.69 Å². The Morgan fingerprint density at radius 2 is 2.07 bits per heavy atom. The fourth-order valence-electron chi connectivity index (χ4n) is 3.31. The molecule has 1 saturated carbocycles. The van der Waals surface area contributed by atoms with Crippen LogP contribution in [-0.4, -0.2) is 38.5 Å². The lowest BCUT2D eigenvalue weighted by Gasteiger charge is -2.23. The smallest absolute Gasteiger partial charge is 0.274 e. The molecule has 2 heterocycles. The van der Waals surface area contributed by atoms with Crippen LogP contribution in [0, 0.1) is 5.92 Å². The van der Waals surface area contributed by atoms with Gasteiger partial charge in [-0.05, 0) is 42.9 Å². The van der Waals surface area contributed by atoms with Crippen LogP contribution >= 0.6 is 0 Å². The van der Waals surface area contributed by atoms with Gasteiger partial charge in [0.05, 0.1) is 6.33 Å². The van der Waals surface area contributed by atoms with Gasteiger partial charge < -0.3 is 14.8 Å². The van der Waals surface area contributed by atoms with E-state index in [2.05, 4.69) is 32.1 Å². The van der Waals surface area contributed by atoms with E-state index in [1.54, 1.807) is 18.6 Å². The van der Waals surface area contributed by atoms with E-state index in [4.69, 9.17) is 0 Å². The highest BCUT2D eigenvalue weighted by Crippen LogP contribution is 2.31. The number of nitrogens with one attached hydrogen (secondary N) is 1. The molecule has 7 heteroatoms. The number of hydrogen-bond acceptors (Lipinski definition) is 5. The molecule has 0 radical (unpaired) electrons. The topological polar surface area (TPSA) is 75.9 Å². The number of aromatic nitrogens is 4. The van der Waals surface area contributed by atoms with Crippen molar-refractivity contribution in [2.75, 3.05) is 23.3 Å². The number of anilines is 2. The van der Waals surface area contributed by atoms with Crippen LogP contribution in [0.15, 0.2) is 55.4 Å². The highest BCUT2D eigenvalue weighted by Gasteiger charge is 2.25. The highest BCUT2D eigenvalue weighted by molar-refractivity contribution is 6.03. The van der Waals surface area contributed by atoms with Gasteiger partial charge in [0.15, 0.2) is 0 Å². The second kappa shape index (κ2) is 8.86. The molecular formula is C22H26N6O. The van der Waals surface area contributed by atoms with Crippen LogP contribution in [0.5, 0.6) is 0 Å². The molecule has 1 aliphatic carbocycles.